The summed E-state index contributed by atoms with van der Waals surface area (Å²) in [6, 6.07) is 12.2. The van der Waals surface area contributed by atoms with Gasteiger partial charge < -0.3 is 10.2 Å². The van der Waals surface area contributed by atoms with E-state index in [9.17, 15) is 18.8 Å². The van der Waals surface area contributed by atoms with Crippen molar-refractivity contribution >= 4 is 23.5 Å². The standard InChI is InChI=1S/C24H27FN4O3/c1-16-10-11-19(25)18-9-6-14-28(21(16)18)15-20(30)27-29-22(31)24(2,26-23(29)32)13-12-17-7-4-3-5-8-17/h3-5,7-8,10-11H,6,9,12-15H2,1-2H3,(H,26,32)(H,27,30). The Balaban J connectivity index is 1.41. The summed E-state index contributed by atoms with van der Waals surface area (Å²) in [6.07, 6.45) is 2.36. The third-order valence-electron chi connectivity index (χ3n) is 6.19. The molecule has 2 aromatic rings. The Labute approximate surface area is 186 Å². The summed E-state index contributed by atoms with van der Waals surface area (Å²) in [5, 5.41) is 3.46. The fraction of sp³-hybridized carbons (Fsp3) is 0.375. The summed E-state index contributed by atoms with van der Waals surface area (Å²) in [7, 11) is 0. The largest absolute Gasteiger partial charge is 0.362 e. The van der Waals surface area contributed by atoms with Crippen LogP contribution in [-0.4, -0.2) is 41.5 Å². The summed E-state index contributed by atoms with van der Waals surface area (Å²) in [5.74, 6) is -1.27. The van der Waals surface area contributed by atoms with Gasteiger partial charge in [-0.25, -0.2) is 9.18 Å². The van der Waals surface area contributed by atoms with E-state index in [2.05, 4.69) is 10.7 Å². The quantitative estimate of drug-likeness (QED) is 0.680. The molecule has 2 heterocycles. The number of hydrogen-bond acceptors (Lipinski definition) is 4. The van der Waals surface area contributed by atoms with Gasteiger partial charge in [0.15, 0.2) is 0 Å². The molecule has 2 aliphatic rings. The van der Waals surface area contributed by atoms with Crippen LogP contribution in [0.2, 0.25) is 0 Å². The molecule has 1 fully saturated rings. The zero-order chi connectivity index (χ0) is 22.9. The van der Waals surface area contributed by atoms with Crippen LogP contribution < -0.4 is 15.6 Å². The normalized spacial score (nSPS) is 20.2. The van der Waals surface area contributed by atoms with Crippen LogP contribution in [0.15, 0.2) is 42.5 Å². The van der Waals surface area contributed by atoms with E-state index in [-0.39, 0.29) is 12.4 Å². The highest BCUT2D eigenvalue weighted by Crippen LogP contribution is 2.32. The molecule has 0 spiro atoms. The van der Waals surface area contributed by atoms with Gasteiger partial charge in [-0.05, 0) is 56.7 Å². The average Bonchev–Trinajstić information content (AvgIpc) is 2.99. The number of urea groups is 1. The molecule has 1 saturated heterocycles. The molecule has 2 aromatic carbocycles. The first-order valence-corrected chi connectivity index (χ1v) is 10.8. The van der Waals surface area contributed by atoms with Crippen molar-refractivity contribution in [2.24, 2.45) is 0 Å². The molecule has 2 aliphatic heterocycles. The number of nitrogens with one attached hydrogen (secondary N) is 2. The van der Waals surface area contributed by atoms with Crippen molar-refractivity contribution in [1.29, 1.82) is 0 Å². The second-order valence-corrected chi connectivity index (χ2v) is 8.64. The van der Waals surface area contributed by atoms with Gasteiger partial charge in [0.1, 0.15) is 11.4 Å². The summed E-state index contributed by atoms with van der Waals surface area (Å²) >= 11 is 0. The first kappa shape index (κ1) is 21.8. The molecule has 0 aliphatic carbocycles. The van der Waals surface area contributed by atoms with E-state index in [0.717, 1.165) is 28.2 Å². The van der Waals surface area contributed by atoms with Gasteiger partial charge in [0.05, 0.1) is 6.54 Å². The van der Waals surface area contributed by atoms with Crippen LogP contribution in [0.25, 0.3) is 0 Å². The highest BCUT2D eigenvalue weighted by molar-refractivity contribution is 6.07. The van der Waals surface area contributed by atoms with Crippen LogP contribution in [0.5, 0.6) is 0 Å². The van der Waals surface area contributed by atoms with Crippen molar-refractivity contribution in [3.8, 4) is 0 Å². The maximum Gasteiger partial charge on any atom is 0.344 e. The summed E-state index contributed by atoms with van der Waals surface area (Å²) in [6.45, 7) is 4.06. The van der Waals surface area contributed by atoms with E-state index in [0.29, 0.717) is 31.4 Å². The van der Waals surface area contributed by atoms with Gasteiger partial charge in [-0.3, -0.25) is 15.0 Å². The Kier molecular flexibility index (Phi) is 5.86. The number of hydrogen-bond donors (Lipinski definition) is 2. The highest BCUT2D eigenvalue weighted by Gasteiger charge is 2.48. The number of nitrogens with zero attached hydrogens (tertiary/aromatic N) is 2. The van der Waals surface area contributed by atoms with Crippen LogP contribution >= 0.6 is 0 Å². The van der Waals surface area contributed by atoms with Crippen molar-refractivity contribution in [2.75, 3.05) is 18.0 Å². The lowest BCUT2D eigenvalue weighted by atomic mass is 9.93. The van der Waals surface area contributed by atoms with Crippen molar-refractivity contribution < 1.29 is 18.8 Å². The van der Waals surface area contributed by atoms with E-state index >= 15 is 0 Å². The highest BCUT2D eigenvalue weighted by atomic mass is 19.1. The van der Waals surface area contributed by atoms with Crippen LogP contribution in [0.1, 0.15) is 36.5 Å². The van der Waals surface area contributed by atoms with Crippen molar-refractivity contribution in [2.45, 2.75) is 45.1 Å². The molecular weight excluding hydrogens is 411 g/mol. The van der Waals surface area contributed by atoms with Gasteiger partial charge >= 0.3 is 6.03 Å². The number of imide groups is 1. The van der Waals surface area contributed by atoms with Crippen LogP contribution in [-0.2, 0) is 22.4 Å². The monoisotopic (exact) mass is 438 g/mol. The Morgan fingerprint density at radius 3 is 2.69 bits per heavy atom. The number of anilines is 1. The molecule has 168 valence electrons. The van der Waals surface area contributed by atoms with Gasteiger partial charge in [0.25, 0.3) is 11.8 Å². The van der Waals surface area contributed by atoms with E-state index in [1.54, 1.807) is 17.9 Å². The lowest BCUT2D eigenvalue weighted by Gasteiger charge is -2.32. The number of fused-ring (bicyclic) bond motifs is 1. The minimum Gasteiger partial charge on any atom is -0.362 e. The second kappa shape index (κ2) is 8.61. The number of carbonyl (C=O) groups is 3. The number of amides is 4. The van der Waals surface area contributed by atoms with Crippen molar-refractivity contribution in [1.82, 2.24) is 15.8 Å². The van der Waals surface area contributed by atoms with E-state index < -0.39 is 23.4 Å². The molecule has 1 unspecified atom stereocenters. The van der Waals surface area contributed by atoms with Crippen LogP contribution in [0.3, 0.4) is 0 Å². The number of aryl methyl sites for hydroxylation is 2. The maximum absolute atomic E-state index is 14.2. The van der Waals surface area contributed by atoms with E-state index in [1.165, 1.54) is 6.07 Å². The van der Waals surface area contributed by atoms with Gasteiger partial charge in [0, 0.05) is 17.8 Å². The van der Waals surface area contributed by atoms with Gasteiger partial charge in [-0.2, -0.15) is 5.01 Å². The van der Waals surface area contributed by atoms with Gasteiger partial charge in [-0.15, -0.1) is 0 Å². The predicted molar refractivity (Wildman–Crippen MR) is 118 cm³/mol. The van der Waals surface area contributed by atoms with Gasteiger partial charge in [-0.1, -0.05) is 36.4 Å². The minimum absolute atomic E-state index is 0.0743. The number of carbonyl (C=O) groups excluding carboxylic acids is 3. The average molecular weight is 439 g/mol. The fourth-order valence-electron chi connectivity index (χ4n) is 4.45. The topological polar surface area (TPSA) is 81.8 Å². The van der Waals surface area contributed by atoms with Crippen LogP contribution in [0, 0.1) is 12.7 Å². The second-order valence-electron chi connectivity index (χ2n) is 8.64. The molecule has 8 heteroatoms. The van der Waals surface area contributed by atoms with Crippen molar-refractivity contribution in [3.05, 3.63) is 65.0 Å². The van der Waals surface area contributed by atoms with Crippen LogP contribution in [0.4, 0.5) is 14.9 Å². The first-order chi connectivity index (χ1) is 15.3. The molecular formula is C24H27FN4O3. The summed E-state index contributed by atoms with van der Waals surface area (Å²) in [5.41, 5.74) is 4.61. The molecule has 4 amide bonds. The van der Waals surface area contributed by atoms with E-state index in [1.807, 2.05) is 37.3 Å². The molecule has 0 radical (unpaired) electrons. The lowest BCUT2D eigenvalue weighted by molar-refractivity contribution is -0.138. The molecule has 2 N–H and O–H groups in total. The minimum atomic E-state index is -1.10. The molecule has 7 nitrogen and oxygen atoms in total. The molecule has 4 rings (SSSR count). The fourth-order valence-corrected chi connectivity index (χ4v) is 4.45. The van der Waals surface area contributed by atoms with E-state index in [4.69, 9.17) is 0 Å². The van der Waals surface area contributed by atoms with Crippen molar-refractivity contribution in [3.63, 3.8) is 0 Å². The number of rotatable bonds is 6. The smallest absolute Gasteiger partial charge is 0.344 e. The molecule has 1 atom stereocenters. The third kappa shape index (κ3) is 4.17. The zero-order valence-electron chi connectivity index (χ0n) is 18.3. The molecule has 32 heavy (non-hydrogen) atoms. The number of halogens is 1. The Hall–Kier alpha value is -3.42. The third-order valence-corrected chi connectivity index (χ3v) is 6.19. The molecule has 0 saturated carbocycles. The van der Waals surface area contributed by atoms with Gasteiger partial charge in [0.2, 0.25) is 0 Å². The Morgan fingerprint density at radius 1 is 1.19 bits per heavy atom. The zero-order valence-corrected chi connectivity index (χ0v) is 18.3. The molecule has 0 bridgehead atoms. The number of hydrazine groups is 1. The Morgan fingerprint density at radius 2 is 1.94 bits per heavy atom. The number of benzene rings is 2. The first-order valence-electron chi connectivity index (χ1n) is 10.8. The molecule has 0 aromatic heterocycles. The summed E-state index contributed by atoms with van der Waals surface area (Å²) < 4.78 is 14.2. The maximum atomic E-state index is 14.2. The Bertz CT molecular complexity index is 1060. The SMILES string of the molecule is Cc1ccc(F)c2c1N(CC(=O)NN1C(=O)NC(C)(CCc3ccccc3)C1=O)CCC2. The lowest BCUT2D eigenvalue weighted by Crippen LogP contribution is -2.51. The summed E-state index contributed by atoms with van der Waals surface area (Å²) in [4.78, 5) is 39.9. The predicted octanol–water partition coefficient (Wildman–Crippen LogP) is 2.86.